The van der Waals surface area contributed by atoms with Crippen molar-refractivity contribution in [3.63, 3.8) is 0 Å². The molecule has 0 aliphatic rings. The molecule has 0 aliphatic carbocycles. The first-order valence-corrected chi connectivity index (χ1v) is 9.03. The van der Waals surface area contributed by atoms with Gasteiger partial charge in [0.1, 0.15) is 5.75 Å². The summed E-state index contributed by atoms with van der Waals surface area (Å²) in [6.45, 7) is 0. The van der Waals surface area contributed by atoms with E-state index in [0.717, 1.165) is 5.56 Å². The van der Waals surface area contributed by atoms with Gasteiger partial charge in [0.25, 0.3) is 5.91 Å². The van der Waals surface area contributed by atoms with Crippen molar-refractivity contribution >= 4 is 23.2 Å². The molecule has 0 bridgehead atoms. The van der Waals surface area contributed by atoms with E-state index in [4.69, 9.17) is 4.74 Å². The molecule has 0 heterocycles. The summed E-state index contributed by atoms with van der Waals surface area (Å²) >= 11 is 0. The van der Waals surface area contributed by atoms with Gasteiger partial charge in [-0.3, -0.25) is 9.59 Å². The van der Waals surface area contributed by atoms with Gasteiger partial charge < -0.3 is 15.4 Å². The minimum Gasteiger partial charge on any atom is -0.497 e. The number of rotatable bonds is 7. The average Bonchev–Trinajstić information content (AvgIpc) is 2.73. The summed E-state index contributed by atoms with van der Waals surface area (Å²) in [6, 6.07) is 23.8. The molecular weight excluding hydrogens is 352 g/mol. The number of carbonyl (C=O) groups excluding carboxylic acids is 2. The molecule has 3 aromatic rings. The van der Waals surface area contributed by atoms with Gasteiger partial charge in [0.15, 0.2) is 0 Å². The monoisotopic (exact) mass is 374 g/mol. The fourth-order valence-corrected chi connectivity index (χ4v) is 2.75. The van der Waals surface area contributed by atoms with Crippen LogP contribution in [0.25, 0.3) is 0 Å². The Morgan fingerprint density at radius 1 is 0.821 bits per heavy atom. The minimum absolute atomic E-state index is 0.0671. The van der Waals surface area contributed by atoms with Crippen LogP contribution in [-0.4, -0.2) is 18.9 Å². The van der Waals surface area contributed by atoms with Gasteiger partial charge in [-0.05, 0) is 54.4 Å². The van der Waals surface area contributed by atoms with Gasteiger partial charge in [0.2, 0.25) is 5.91 Å². The molecule has 0 radical (unpaired) electrons. The summed E-state index contributed by atoms with van der Waals surface area (Å²) in [4.78, 5) is 24.6. The number of nitrogens with one attached hydrogen (secondary N) is 2. The third kappa shape index (κ3) is 5.45. The lowest BCUT2D eigenvalue weighted by Crippen LogP contribution is -2.14. The number of methoxy groups -OCH3 is 1. The zero-order chi connectivity index (χ0) is 19.8. The molecule has 0 atom stereocenters. The van der Waals surface area contributed by atoms with Crippen LogP contribution in [0.3, 0.4) is 0 Å². The molecule has 0 spiro atoms. The summed E-state index contributed by atoms with van der Waals surface area (Å²) in [5.74, 6) is 0.398. The second-order valence-electron chi connectivity index (χ2n) is 6.30. The number of carbonyl (C=O) groups is 2. The highest BCUT2D eigenvalue weighted by Crippen LogP contribution is 2.18. The molecule has 0 saturated carbocycles. The molecule has 5 nitrogen and oxygen atoms in total. The Hall–Kier alpha value is -3.60. The molecule has 142 valence electrons. The molecule has 0 fully saturated rings. The minimum atomic E-state index is -0.227. The summed E-state index contributed by atoms with van der Waals surface area (Å²) in [6.07, 6.45) is 1.08. The molecule has 2 amide bonds. The zero-order valence-electron chi connectivity index (χ0n) is 15.6. The van der Waals surface area contributed by atoms with Crippen molar-refractivity contribution in [1.29, 1.82) is 0 Å². The summed E-state index contributed by atoms with van der Waals surface area (Å²) in [7, 11) is 1.58. The standard InChI is InChI=1S/C23H22N2O3/c1-28-21-13-11-18(12-14-21)23(27)25-20-9-5-8-19(16-20)24-22(26)15-10-17-6-3-2-4-7-17/h2-9,11-14,16H,10,15H2,1H3,(H,24,26)(H,25,27). The molecule has 2 N–H and O–H groups in total. The Labute approximate surface area is 164 Å². The van der Waals surface area contributed by atoms with E-state index in [2.05, 4.69) is 10.6 Å². The van der Waals surface area contributed by atoms with Crippen LogP contribution >= 0.6 is 0 Å². The molecule has 5 heteroatoms. The quantitative estimate of drug-likeness (QED) is 0.639. The smallest absolute Gasteiger partial charge is 0.255 e. The largest absolute Gasteiger partial charge is 0.497 e. The van der Waals surface area contributed by atoms with Crippen LogP contribution in [0, 0.1) is 0 Å². The van der Waals surface area contributed by atoms with Gasteiger partial charge in [0.05, 0.1) is 7.11 Å². The topological polar surface area (TPSA) is 67.4 Å². The SMILES string of the molecule is COc1ccc(C(=O)Nc2cccc(NC(=O)CCc3ccccc3)c2)cc1. The lowest BCUT2D eigenvalue weighted by molar-refractivity contribution is -0.116. The number of benzene rings is 3. The highest BCUT2D eigenvalue weighted by atomic mass is 16.5. The molecule has 0 aliphatic heterocycles. The Morgan fingerprint density at radius 2 is 1.50 bits per heavy atom. The maximum atomic E-state index is 12.4. The van der Waals surface area contributed by atoms with Crippen molar-refractivity contribution in [1.82, 2.24) is 0 Å². The van der Waals surface area contributed by atoms with Crippen LogP contribution < -0.4 is 15.4 Å². The van der Waals surface area contributed by atoms with Crippen molar-refractivity contribution in [3.05, 3.63) is 90.0 Å². The van der Waals surface area contributed by atoms with Crippen molar-refractivity contribution in [2.45, 2.75) is 12.8 Å². The number of hydrogen-bond acceptors (Lipinski definition) is 3. The number of amides is 2. The van der Waals surface area contributed by atoms with Gasteiger partial charge in [0, 0.05) is 23.4 Å². The summed E-state index contributed by atoms with van der Waals surface area (Å²) < 4.78 is 5.10. The molecule has 28 heavy (non-hydrogen) atoms. The molecule has 0 aromatic heterocycles. The Kier molecular flexibility index (Phi) is 6.41. The van der Waals surface area contributed by atoms with Crippen molar-refractivity contribution < 1.29 is 14.3 Å². The predicted molar refractivity (Wildman–Crippen MR) is 111 cm³/mol. The van der Waals surface area contributed by atoms with E-state index in [1.54, 1.807) is 55.6 Å². The van der Waals surface area contributed by atoms with Crippen molar-refractivity contribution in [2.24, 2.45) is 0 Å². The number of hydrogen-bond donors (Lipinski definition) is 2. The van der Waals surface area contributed by atoms with Crippen LogP contribution in [0.5, 0.6) is 5.75 Å². The van der Waals surface area contributed by atoms with Crippen LogP contribution in [-0.2, 0) is 11.2 Å². The molecule has 3 aromatic carbocycles. The number of aryl methyl sites for hydroxylation is 1. The second-order valence-corrected chi connectivity index (χ2v) is 6.30. The summed E-state index contributed by atoms with van der Waals surface area (Å²) in [5, 5.41) is 5.71. The van der Waals surface area contributed by atoms with E-state index in [-0.39, 0.29) is 11.8 Å². The highest BCUT2D eigenvalue weighted by Gasteiger charge is 2.08. The molecule has 3 rings (SSSR count). The van der Waals surface area contributed by atoms with Gasteiger partial charge >= 0.3 is 0 Å². The fraction of sp³-hybridized carbons (Fsp3) is 0.130. The van der Waals surface area contributed by atoms with E-state index in [9.17, 15) is 9.59 Å². The fourth-order valence-electron chi connectivity index (χ4n) is 2.75. The first kappa shape index (κ1) is 19.2. The van der Waals surface area contributed by atoms with Crippen molar-refractivity contribution in [3.8, 4) is 5.75 Å². The molecule has 0 unspecified atom stereocenters. The van der Waals surface area contributed by atoms with Gasteiger partial charge in [-0.15, -0.1) is 0 Å². The third-order valence-corrected chi connectivity index (χ3v) is 4.24. The Balaban J connectivity index is 1.57. The third-order valence-electron chi connectivity index (χ3n) is 4.24. The maximum absolute atomic E-state index is 12.4. The Morgan fingerprint density at radius 3 is 2.18 bits per heavy atom. The molecular formula is C23H22N2O3. The van der Waals surface area contributed by atoms with Crippen LogP contribution in [0.15, 0.2) is 78.9 Å². The summed E-state index contributed by atoms with van der Waals surface area (Å²) in [5.41, 5.74) is 2.91. The predicted octanol–water partition coefficient (Wildman–Crippen LogP) is 4.52. The lowest BCUT2D eigenvalue weighted by atomic mass is 10.1. The zero-order valence-corrected chi connectivity index (χ0v) is 15.6. The average molecular weight is 374 g/mol. The van der Waals surface area contributed by atoms with E-state index in [1.807, 2.05) is 30.3 Å². The second kappa shape index (κ2) is 9.37. The Bertz CT molecular complexity index is 938. The first-order chi connectivity index (χ1) is 13.6. The molecule has 0 saturated heterocycles. The van der Waals surface area contributed by atoms with Gasteiger partial charge in [-0.25, -0.2) is 0 Å². The van der Waals surface area contributed by atoms with Crippen LogP contribution in [0.2, 0.25) is 0 Å². The normalized spacial score (nSPS) is 10.2. The van der Waals surface area contributed by atoms with E-state index >= 15 is 0 Å². The van der Waals surface area contributed by atoms with Crippen LogP contribution in [0.4, 0.5) is 11.4 Å². The van der Waals surface area contributed by atoms with E-state index in [1.165, 1.54) is 0 Å². The van der Waals surface area contributed by atoms with E-state index < -0.39 is 0 Å². The first-order valence-electron chi connectivity index (χ1n) is 9.03. The highest BCUT2D eigenvalue weighted by molar-refractivity contribution is 6.04. The van der Waals surface area contributed by atoms with Gasteiger partial charge in [-0.1, -0.05) is 36.4 Å². The van der Waals surface area contributed by atoms with Crippen LogP contribution in [0.1, 0.15) is 22.3 Å². The number of ether oxygens (including phenoxy) is 1. The number of anilines is 2. The lowest BCUT2D eigenvalue weighted by Gasteiger charge is -2.09. The van der Waals surface area contributed by atoms with Crippen molar-refractivity contribution in [2.75, 3.05) is 17.7 Å². The van der Waals surface area contributed by atoms with Gasteiger partial charge in [-0.2, -0.15) is 0 Å². The van der Waals surface area contributed by atoms with E-state index in [0.29, 0.717) is 35.5 Å². The maximum Gasteiger partial charge on any atom is 0.255 e.